The van der Waals surface area contributed by atoms with Crippen molar-refractivity contribution in [3.05, 3.63) is 53.6 Å². The van der Waals surface area contributed by atoms with Crippen LogP contribution in [-0.4, -0.2) is 40.6 Å². The molecular weight excluding hydrogens is 360 g/mol. The highest BCUT2D eigenvalue weighted by Gasteiger charge is 2.14. The first-order chi connectivity index (χ1) is 13.6. The molecule has 0 fully saturated rings. The molecule has 0 spiro atoms. The van der Waals surface area contributed by atoms with Crippen LogP contribution in [0.2, 0.25) is 0 Å². The van der Waals surface area contributed by atoms with E-state index in [-0.39, 0.29) is 12.5 Å². The normalized spacial score (nSPS) is 11.1. The molecule has 142 valence electrons. The number of nitrogens with one attached hydrogen (secondary N) is 1. The maximum Gasteiger partial charge on any atom is 0.252 e. The van der Waals surface area contributed by atoms with Gasteiger partial charge < -0.3 is 9.84 Å². The summed E-state index contributed by atoms with van der Waals surface area (Å²) in [5.74, 6) is 1.16. The fourth-order valence-corrected chi connectivity index (χ4v) is 2.94. The zero-order valence-electron chi connectivity index (χ0n) is 15.5. The van der Waals surface area contributed by atoms with Crippen molar-refractivity contribution in [3.8, 4) is 11.5 Å². The van der Waals surface area contributed by atoms with E-state index in [0.717, 1.165) is 17.0 Å². The number of carbonyl (C=O) groups is 1. The van der Waals surface area contributed by atoms with Gasteiger partial charge in [-0.3, -0.25) is 9.78 Å². The first kappa shape index (κ1) is 17.7. The number of amides is 1. The molecule has 10 nitrogen and oxygen atoms in total. The van der Waals surface area contributed by atoms with E-state index < -0.39 is 0 Å². The van der Waals surface area contributed by atoms with Gasteiger partial charge in [0.15, 0.2) is 0 Å². The van der Waals surface area contributed by atoms with Gasteiger partial charge in [-0.2, -0.15) is 15.1 Å². The van der Waals surface area contributed by atoms with Gasteiger partial charge in [-0.1, -0.05) is 11.2 Å². The summed E-state index contributed by atoms with van der Waals surface area (Å²) in [5, 5.41) is 10.8. The summed E-state index contributed by atoms with van der Waals surface area (Å²) in [7, 11) is 0. The summed E-state index contributed by atoms with van der Waals surface area (Å²) < 4.78 is 6.84. The van der Waals surface area contributed by atoms with Gasteiger partial charge in [-0.15, -0.1) is 0 Å². The molecule has 0 unspecified atom stereocenters. The molecule has 0 aliphatic rings. The lowest BCUT2D eigenvalue weighted by molar-refractivity contribution is -0.121. The summed E-state index contributed by atoms with van der Waals surface area (Å²) in [6.07, 6.45) is 3.98. The molecule has 28 heavy (non-hydrogen) atoms. The minimum absolute atomic E-state index is 0.116. The smallest absolute Gasteiger partial charge is 0.252 e. The second kappa shape index (κ2) is 7.51. The molecule has 10 heteroatoms. The van der Waals surface area contributed by atoms with Crippen LogP contribution in [0, 0.1) is 13.8 Å². The highest BCUT2D eigenvalue weighted by Crippen LogP contribution is 2.15. The van der Waals surface area contributed by atoms with E-state index in [4.69, 9.17) is 4.52 Å². The van der Waals surface area contributed by atoms with Gasteiger partial charge >= 0.3 is 0 Å². The minimum atomic E-state index is -0.116. The Labute approximate surface area is 160 Å². The lowest BCUT2D eigenvalue weighted by Gasteiger charge is -2.10. The largest absolute Gasteiger partial charge is 0.347 e. The monoisotopic (exact) mass is 378 g/mol. The molecule has 0 atom stereocenters. The molecule has 0 bridgehead atoms. The first-order valence-electron chi connectivity index (χ1n) is 8.78. The molecule has 0 saturated carbocycles. The molecule has 0 aliphatic carbocycles. The lowest BCUT2D eigenvalue weighted by atomic mass is 10.1. The van der Waals surface area contributed by atoms with E-state index >= 15 is 0 Å². The number of hydrogen-bond acceptors (Lipinski definition) is 8. The summed E-state index contributed by atoms with van der Waals surface area (Å²) >= 11 is 0. The zero-order chi connectivity index (χ0) is 19.5. The van der Waals surface area contributed by atoms with Crippen molar-refractivity contribution in [1.82, 2.24) is 40.0 Å². The summed E-state index contributed by atoms with van der Waals surface area (Å²) in [5.41, 5.74) is 3.39. The van der Waals surface area contributed by atoms with Crippen LogP contribution in [0.5, 0.6) is 0 Å². The van der Waals surface area contributed by atoms with E-state index in [1.807, 2.05) is 26.0 Å². The fraction of sp³-hybridized carbons (Fsp3) is 0.278. The Hall–Kier alpha value is -3.69. The van der Waals surface area contributed by atoms with Gasteiger partial charge in [0.25, 0.3) is 5.78 Å². The molecular formula is C18H18N8O2. The number of hydrogen-bond donors (Lipinski definition) is 1. The molecule has 4 aromatic rings. The van der Waals surface area contributed by atoms with Gasteiger partial charge in [0, 0.05) is 24.0 Å². The molecule has 0 aliphatic heterocycles. The average molecular weight is 378 g/mol. The van der Waals surface area contributed by atoms with E-state index in [1.54, 1.807) is 16.8 Å². The maximum atomic E-state index is 12.2. The lowest BCUT2D eigenvalue weighted by Crippen LogP contribution is -2.23. The van der Waals surface area contributed by atoms with E-state index in [9.17, 15) is 4.79 Å². The predicted octanol–water partition coefficient (Wildman–Crippen LogP) is 1.44. The third kappa shape index (κ3) is 3.56. The zero-order valence-corrected chi connectivity index (χ0v) is 15.5. The highest BCUT2D eigenvalue weighted by molar-refractivity contribution is 5.76. The molecule has 1 amide bonds. The van der Waals surface area contributed by atoms with Crippen molar-refractivity contribution in [1.29, 1.82) is 0 Å². The SMILES string of the molecule is Cc1nc2ncnn2c(C)c1CCC(=O)NCc1nc(-c2ccccn2)no1. The number of rotatable bonds is 6. The van der Waals surface area contributed by atoms with E-state index in [0.29, 0.717) is 36.0 Å². The van der Waals surface area contributed by atoms with Crippen molar-refractivity contribution in [3.63, 3.8) is 0 Å². The Morgan fingerprint density at radius 2 is 2.11 bits per heavy atom. The highest BCUT2D eigenvalue weighted by atomic mass is 16.5. The van der Waals surface area contributed by atoms with Crippen molar-refractivity contribution < 1.29 is 9.32 Å². The maximum absolute atomic E-state index is 12.2. The number of fused-ring (bicyclic) bond motifs is 1. The Morgan fingerprint density at radius 3 is 2.93 bits per heavy atom. The second-order valence-corrected chi connectivity index (χ2v) is 6.24. The number of aromatic nitrogens is 7. The Balaban J connectivity index is 1.35. The molecule has 0 radical (unpaired) electrons. The average Bonchev–Trinajstić information content (AvgIpc) is 3.36. The van der Waals surface area contributed by atoms with Crippen LogP contribution in [0.4, 0.5) is 0 Å². The predicted molar refractivity (Wildman–Crippen MR) is 98.0 cm³/mol. The van der Waals surface area contributed by atoms with Crippen LogP contribution >= 0.6 is 0 Å². The van der Waals surface area contributed by atoms with Crippen LogP contribution in [-0.2, 0) is 17.8 Å². The Kier molecular flexibility index (Phi) is 4.75. The Bertz CT molecular complexity index is 1120. The van der Waals surface area contributed by atoms with Crippen LogP contribution in [0.25, 0.3) is 17.3 Å². The van der Waals surface area contributed by atoms with Crippen molar-refractivity contribution in [2.45, 2.75) is 33.2 Å². The molecule has 1 N–H and O–H groups in total. The fourth-order valence-electron chi connectivity index (χ4n) is 2.94. The summed E-state index contributed by atoms with van der Waals surface area (Å²) in [6.45, 7) is 4.02. The van der Waals surface area contributed by atoms with Gasteiger partial charge in [-0.05, 0) is 38.0 Å². The third-order valence-corrected chi connectivity index (χ3v) is 4.39. The standard InChI is InChI=1S/C18H18N8O2/c1-11-13(12(2)26-18(23-11)21-10-22-26)6-7-15(27)20-9-16-24-17(25-28-16)14-5-3-4-8-19-14/h3-5,8,10H,6-7,9H2,1-2H3,(H,20,27). The molecule has 4 heterocycles. The number of carbonyl (C=O) groups excluding carboxylic acids is 1. The van der Waals surface area contributed by atoms with Crippen LogP contribution in [0.15, 0.2) is 35.2 Å². The van der Waals surface area contributed by atoms with Gasteiger partial charge in [0.1, 0.15) is 12.0 Å². The van der Waals surface area contributed by atoms with Crippen LogP contribution in [0.3, 0.4) is 0 Å². The summed E-state index contributed by atoms with van der Waals surface area (Å²) in [4.78, 5) is 29.2. The Morgan fingerprint density at radius 1 is 1.21 bits per heavy atom. The van der Waals surface area contributed by atoms with Crippen molar-refractivity contribution in [2.75, 3.05) is 0 Å². The summed E-state index contributed by atoms with van der Waals surface area (Å²) in [6, 6.07) is 5.44. The third-order valence-electron chi connectivity index (χ3n) is 4.39. The number of nitrogens with zero attached hydrogens (tertiary/aromatic N) is 7. The first-order valence-corrected chi connectivity index (χ1v) is 8.78. The van der Waals surface area contributed by atoms with Gasteiger partial charge in [0.05, 0.1) is 6.54 Å². The topological polar surface area (TPSA) is 124 Å². The van der Waals surface area contributed by atoms with Crippen molar-refractivity contribution in [2.24, 2.45) is 0 Å². The second-order valence-electron chi connectivity index (χ2n) is 6.24. The van der Waals surface area contributed by atoms with Crippen molar-refractivity contribution >= 4 is 11.7 Å². The van der Waals surface area contributed by atoms with Crippen LogP contribution in [0.1, 0.15) is 29.3 Å². The molecule has 0 saturated heterocycles. The quantitative estimate of drug-likeness (QED) is 0.534. The molecule has 4 rings (SSSR count). The molecule has 4 aromatic heterocycles. The minimum Gasteiger partial charge on any atom is -0.347 e. The van der Waals surface area contributed by atoms with Gasteiger partial charge in [0.2, 0.25) is 17.6 Å². The number of aryl methyl sites for hydroxylation is 2. The van der Waals surface area contributed by atoms with Crippen LogP contribution < -0.4 is 5.32 Å². The van der Waals surface area contributed by atoms with E-state index in [2.05, 4.69) is 35.5 Å². The van der Waals surface area contributed by atoms with Gasteiger partial charge in [-0.25, -0.2) is 9.50 Å². The number of pyridine rings is 1. The van der Waals surface area contributed by atoms with E-state index in [1.165, 1.54) is 6.33 Å². The molecule has 0 aromatic carbocycles.